The molecule has 1 heterocycles. The van der Waals surface area contributed by atoms with Crippen molar-refractivity contribution < 1.29 is 4.79 Å². The molecule has 0 aliphatic carbocycles. The summed E-state index contributed by atoms with van der Waals surface area (Å²) in [5, 5.41) is 9.69. The molecule has 2 rings (SSSR count). The number of primary amides is 1. The molecule has 6 heteroatoms. The van der Waals surface area contributed by atoms with Crippen LogP contribution in [0.1, 0.15) is 21.7 Å². The Morgan fingerprint density at radius 1 is 1.41 bits per heavy atom. The molecular weight excluding hydrogens is 218 g/mol. The Balaban J connectivity index is 1.90. The van der Waals surface area contributed by atoms with Gasteiger partial charge in [-0.25, -0.2) is 4.98 Å². The fourth-order valence-corrected chi connectivity index (χ4v) is 1.48. The third kappa shape index (κ3) is 3.12. The molecule has 1 aromatic heterocycles. The lowest BCUT2D eigenvalue weighted by Gasteiger charge is -2.04. The first-order valence-corrected chi connectivity index (χ1v) is 5.19. The highest BCUT2D eigenvalue weighted by molar-refractivity contribution is 5.92. The number of aromatic nitrogens is 3. The Morgan fingerprint density at radius 3 is 3.00 bits per heavy atom. The van der Waals surface area contributed by atoms with Crippen molar-refractivity contribution in [2.24, 2.45) is 5.73 Å². The molecule has 4 N–H and O–H groups in total. The van der Waals surface area contributed by atoms with E-state index in [0.29, 0.717) is 18.7 Å². The minimum atomic E-state index is -0.415. The maximum atomic E-state index is 11.0. The van der Waals surface area contributed by atoms with Crippen LogP contribution in [-0.2, 0) is 13.1 Å². The van der Waals surface area contributed by atoms with Gasteiger partial charge in [0.2, 0.25) is 5.91 Å². The number of nitrogens with one attached hydrogen (secondary N) is 2. The van der Waals surface area contributed by atoms with Gasteiger partial charge < -0.3 is 11.1 Å². The highest BCUT2D eigenvalue weighted by Gasteiger charge is 2.01. The quantitative estimate of drug-likeness (QED) is 0.684. The summed E-state index contributed by atoms with van der Waals surface area (Å²) in [5.74, 6) is 0.359. The first-order valence-electron chi connectivity index (χ1n) is 5.19. The average Bonchev–Trinajstić information content (AvgIpc) is 2.82. The van der Waals surface area contributed by atoms with Crippen LogP contribution in [0.25, 0.3) is 0 Å². The van der Waals surface area contributed by atoms with E-state index in [-0.39, 0.29) is 0 Å². The second-order valence-electron chi connectivity index (χ2n) is 3.60. The Labute approximate surface area is 98.3 Å². The van der Waals surface area contributed by atoms with Gasteiger partial charge in [-0.2, -0.15) is 5.10 Å². The molecule has 0 spiro atoms. The van der Waals surface area contributed by atoms with Gasteiger partial charge in [0.25, 0.3) is 0 Å². The number of aromatic amines is 1. The molecule has 0 saturated carbocycles. The van der Waals surface area contributed by atoms with E-state index in [4.69, 9.17) is 5.73 Å². The topological polar surface area (TPSA) is 96.7 Å². The van der Waals surface area contributed by atoms with Gasteiger partial charge in [0.1, 0.15) is 12.2 Å². The van der Waals surface area contributed by atoms with E-state index in [0.717, 1.165) is 11.4 Å². The maximum Gasteiger partial charge on any atom is 0.248 e. The summed E-state index contributed by atoms with van der Waals surface area (Å²) in [5.41, 5.74) is 6.72. The van der Waals surface area contributed by atoms with Crippen molar-refractivity contribution >= 4 is 5.91 Å². The molecule has 0 atom stereocenters. The molecule has 0 aliphatic rings. The summed E-state index contributed by atoms with van der Waals surface area (Å²) in [6.45, 7) is 1.24. The molecule has 6 nitrogen and oxygen atoms in total. The van der Waals surface area contributed by atoms with Gasteiger partial charge in [0.15, 0.2) is 0 Å². The summed E-state index contributed by atoms with van der Waals surface area (Å²) >= 11 is 0. The second kappa shape index (κ2) is 5.22. The predicted octanol–water partition coefficient (Wildman–Crippen LogP) is 0.193. The number of nitrogens with zero attached hydrogens (tertiary/aromatic N) is 2. The van der Waals surface area contributed by atoms with Crippen LogP contribution in [-0.4, -0.2) is 21.1 Å². The molecule has 88 valence electrons. The molecule has 0 radical (unpaired) electrons. The lowest BCUT2D eigenvalue weighted by Crippen LogP contribution is -2.15. The van der Waals surface area contributed by atoms with Crippen LogP contribution in [0.15, 0.2) is 30.6 Å². The largest absolute Gasteiger partial charge is 0.366 e. The standard InChI is InChI=1S/C11H13N5O/c12-11(17)9-3-1-2-8(4-9)5-13-6-10-14-7-15-16-10/h1-4,7,13H,5-6H2,(H2,12,17)(H,14,15,16). The van der Waals surface area contributed by atoms with Gasteiger partial charge in [0, 0.05) is 12.1 Å². The minimum Gasteiger partial charge on any atom is -0.366 e. The highest BCUT2D eigenvalue weighted by atomic mass is 16.1. The zero-order chi connectivity index (χ0) is 12.1. The highest BCUT2D eigenvalue weighted by Crippen LogP contribution is 2.04. The van der Waals surface area contributed by atoms with E-state index in [2.05, 4.69) is 20.5 Å². The molecule has 1 amide bonds. The summed E-state index contributed by atoms with van der Waals surface area (Å²) < 4.78 is 0. The van der Waals surface area contributed by atoms with Gasteiger partial charge in [-0.1, -0.05) is 12.1 Å². The number of carbonyl (C=O) groups is 1. The van der Waals surface area contributed by atoms with E-state index < -0.39 is 5.91 Å². The van der Waals surface area contributed by atoms with Crippen molar-refractivity contribution in [3.8, 4) is 0 Å². The summed E-state index contributed by atoms with van der Waals surface area (Å²) in [6, 6.07) is 7.21. The van der Waals surface area contributed by atoms with Crippen LogP contribution in [0, 0.1) is 0 Å². The minimum absolute atomic E-state index is 0.415. The van der Waals surface area contributed by atoms with Crippen molar-refractivity contribution in [3.63, 3.8) is 0 Å². The smallest absolute Gasteiger partial charge is 0.248 e. The predicted molar refractivity (Wildman–Crippen MR) is 61.9 cm³/mol. The second-order valence-corrected chi connectivity index (χ2v) is 3.60. The Morgan fingerprint density at radius 2 is 2.29 bits per heavy atom. The van der Waals surface area contributed by atoms with E-state index >= 15 is 0 Å². The van der Waals surface area contributed by atoms with Crippen LogP contribution in [0.2, 0.25) is 0 Å². The molecule has 2 aromatic rings. The Hall–Kier alpha value is -2.21. The van der Waals surface area contributed by atoms with Crippen molar-refractivity contribution in [3.05, 3.63) is 47.5 Å². The number of hydrogen-bond acceptors (Lipinski definition) is 4. The fraction of sp³-hybridized carbons (Fsp3) is 0.182. The average molecular weight is 231 g/mol. The van der Waals surface area contributed by atoms with E-state index in [1.807, 2.05) is 12.1 Å². The van der Waals surface area contributed by atoms with Crippen LogP contribution in [0.5, 0.6) is 0 Å². The zero-order valence-corrected chi connectivity index (χ0v) is 9.18. The number of amides is 1. The lowest BCUT2D eigenvalue weighted by atomic mass is 10.1. The summed E-state index contributed by atoms with van der Waals surface area (Å²) in [6.07, 6.45) is 1.46. The van der Waals surface area contributed by atoms with Gasteiger partial charge in [-0.05, 0) is 17.7 Å². The molecule has 17 heavy (non-hydrogen) atoms. The molecular formula is C11H13N5O. The van der Waals surface area contributed by atoms with Crippen LogP contribution < -0.4 is 11.1 Å². The van der Waals surface area contributed by atoms with Crippen LogP contribution in [0.3, 0.4) is 0 Å². The molecule has 0 aliphatic heterocycles. The Kier molecular flexibility index (Phi) is 3.46. The maximum absolute atomic E-state index is 11.0. The van der Waals surface area contributed by atoms with Crippen molar-refractivity contribution in [2.75, 3.05) is 0 Å². The fourth-order valence-electron chi connectivity index (χ4n) is 1.48. The van der Waals surface area contributed by atoms with Crippen molar-refractivity contribution in [1.82, 2.24) is 20.5 Å². The molecule has 0 saturated heterocycles. The lowest BCUT2D eigenvalue weighted by molar-refractivity contribution is 0.1000. The molecule has 1 aromatic carbocycles. The molecule has 0 unspecified atom stereocenters. The monoisotopic (exact) mass is 231 g/mol. The van der Waals surface area contributed by atoms with Gasteiger partial charge in [-0.15, -0.1) is 0 Å². The zero-order valence-electron chi connectivity index (χ0n) is 9.18. The number of nitrogens with two attached hydrogens (primary N) is 1. The molecule has 0 fully saturated rings. The number of H-pyrrole nitrogens is 1. The van der Waals surface area contributed by atoms with E-state index in [9.17, 15) is 4.79 Å². The van der Waals surface area contributed by atoms with Crippen molar-refractivity contribution in [2.45, 2.75) is 13.1 Å². The first-order chi connectivity index (χ1) is 8.25. The molecule has 0 bridgehead atoms. The summed E-state index contributed by atoms with van der Waals surface area (Å²) in [7, 11) is 0. The van der Waals surface area contributed by atoms with Crippen LogP contribution in [0.4, 0.5) is 0 Å². The summed E-state index contributed by atoms with van der Waals surface area (Å²) in [4.78, 5) is 15.0. The normalized spacial score (nSPS) is 10.4. The Bertz CT molecular complexity index is 494. The van der Waals surface area contributed by atoms with Crippen molar-refractivity contribution in [1.29, 1.82) is 0 Å². The van der Waals surface area contributed by atoms with E-state index in [1.54, 1.807) is 12.1 Å². The number of carbonyl (C=O) groups excluding carboxylic acids is 1. The number of hydrogen-bond donors (Lipinski definition) is 3. The van der Waals surface area contributed by atoms with Gasteiger partial charge >= 0.3 is 0 Å². The third-order valence-corrected chi connectivity index (χ3v) is 2.30. The third-order valence-electron chi connectivity index (χ3n) is 2.30. The SMILES string of the molecule is NC(=O)c1cccc(CNCc2ncn[nH]2)c1. The van der Waals surface area contributed by atoms with Gasteiger partial charge in [-0.3, -0.25) is 9.89 Å². The first kappa shape index (κ1) is 11.3. The number of rotatable bonds is 5. The van der Waals surface area contributed by atoms with E-state index in [1.165, 1.54) is 6.33 Å². The van der Waals surface area contributed by atoms with Crippen LogP contribution >= 0.6 is 0 Å². The van der Waals surface area contributed by atoms with Gasteiger partial charge in [0.05, 0.1) is 6.54 Å². The number of benzene rings is 1.